The minimum atomic E-state index is -0.544. The van der Waals surface area contributed by atoms with Crippen molar-refractivity contribution in [3.8, 4) is 0 Å². The quantitative estimate of drug-likeness (QED) is 0.860. The van der Waals surface area contributed by atoms with E-state index in [1.54, 1.807) is 6.07 Å². The summed E-state index contributed by atoms with van der Waals surface area (Å²) >= 11 is 1.37. The molecule has 1 unspecified atom stereocenters. The lowest BCUT2D eigenvalue weighted by Gasteiger charge is -2.18. The van der Waals surface area contributed by atoms with Crippen LogP contribution in [0.2, 0.25) is 0 Å². The van der Waals surface area contributed by atoms with E-state index in [4.69, 9.17) is 0 Å². The van der Waals surface area contributed by atoms with Gasteiger partial charge in [0, 0.05) is 12.5 Å². The molecule has 2 N–H and O–H groups in total. The van der Waals surface area contributed by atoms with Crippen LogP contribution in [-0.2, 0) is 11.2 Å². The van der Waals surface area contributed by atoms with Crippen LogP contribution in [0.5, 0.6) is 0 Å². The Morgan fingerprint density at radius 2 is 1.91 bits per heavy atom. The first-order chi connectivity index (χ1) is 10.7. The second kappa shape index (κ2) is 6.75. The Kier molecular flexibility index (Phi) is 4.53. The van der Waals surface area contributed by atoms with Crippen LogP contribution in [0.25, 0.3) is 0 Å². The first-order valence-corrected chi connectivity index (χ1v) is 8.29. The minimum Gasteiger partial charge on any atom is -0.352 e. The first-order valence-electron chi connectivity index (χ1n) is 7.41. The van der Waals surface area contributed by atoms with E-state index in [1.165, 1.54) is 11.3 Å². The molecule has 1 saturated carbocycles. The summed E-state index contributed by atoms with van der Waals surface area (Å²) in [7, 11) is 0. The second-order valence-corrected chi connectivity index (χ2v) is 6.42. The van der Waals surface area contributed by atoms with Crippen molar-refractivity contribution >= 4 is 23.2 Å². The van der Waals surface area contributed by atoms with Gasteiger partial charge in [-0.05, 0) is 29.9 Å². The number of benzene rings is 1. The topological polar surface area (TPSA) is 58.2 Å². The largest absolute Gasteiger partial charge is 0.352 e. The van der Waals surface area contributed by atoms with Crippen molar-refractivity contribution in [1.29, 1.82) is 0 Å². The summed E-state index contributed by atoms with van der Waals surface area (Å²) in [5.41, 5.74) is 1.03. The van der Waals surface area contributed by atoms with Gasteiger partial charge in [-0.3, -0.25) is 9.59 Å². The SMILES string of the molecule is O=C(NC(Cc1ccccc1)C(=O)NC1CC1)c1cccs1. The number of amides is 2. The second-order valence-electron chi connectivity index (χ2n) is 5.48. The molecule has 0 bridgehead atoms. The Morgan fingerprint density at radius 1 is 1.14 bits per heavy atom. The Morgan fingerprint density at radius 3 is 2.55 bits per heavy atom. The molecule has 5 heteroatoms. The fourth-order valence-electron chi connectivity index (χ4n) is 2.23. The molecule has 0 radical (unpaired) electrons. The third-order valence-electron chi connectivity index (χ3n) is 3.57. The summed E-state index contributed by atoms with van der Waals surface area (Å²) < 4.78 is 0. The van der Waals surface area contributed by atoms with Crippen LogP contribution in [0.1, 0.15) is 28.1 Å². The average molecular weight is 314 g/mol. The summed E-state index contributed by atoms with van der Waals surface area (Å²) in [6, 6.07) is 13.1. The lowest BCUT2D eigenvalue weighted by atomic mass is 10.1. The molecule has 114 valence electrons. The van der Waals surface area contributed by atoms with Gasteiger partial charge in [0.25, 0.3) is 5.91 Å². The van der Waals surface area contributed by atoms with Crippen LogP contribution >= 0.6 is 11.3 Å². The molecule has 1 fully saturated rings. The zero-order valence-corrected chi connectivity index (χ0v) is 12.9. The summed E-state index contributed by atoms with van der Waals surface area (Å²) in [5.74, 6) is -0.293. The van der Waals surface area contributed by atoms with Crippen LogP contribution in [0.4, 0.5) is 0 Å². The molecule has 1 aromatic carbocycles. The Balaban J connectivity index is 1.70. The molecule has 0 aliphatic heterocycles. The van der Waals surface area contributed by atoms with E-state index in [9.17, 15) is 9.59 Å². The first kappa shape index (κ1) is 14.8. The zero-order chi connectivity index (χ0) is 15.4. The van der Waals surface area contributed by atoms with E-state index in [2.05, 4.69) is 10.6 Å². The van der Waals surface area contributed by atoms with Gasteiger partial charge in [0.2, 0.25) is 5.91 Å². The number of nitrogens with one attached hydrogen (secondary N) is 2. The number of carbonyl (C=O) groups is 2. The molecule has 1 heterocycles. The molecule has 4 nitrogen and oxygen atoms in total. The van der Waals surface area contributed by atoms with Crippen LogP contribution in [0.15, 0.2) is 47.8 Å². The lowest BCUT2D eigenvalue weighted by molar-refractivity contribution is -0.123. The van der Waals surface area contributed by atoms with Gasteiger partial charge in [-0.25, -0.2) is 0 Å². The van der Waals surface area contributed by atoms with E-state index in [0.29, 0.717) is 11.3 Å². The molecule has 1 aliphatic rings. The molecule has 2 aromatic rings. The van der Waals surface area contributed by atoms with Crippen molar-refractivity contribution in [2.24, 2.45) is 0 Å². The summed E-state index contributed by atoms with van der Waals surface area (Å²) in [6.45, 7) is 0. The van der Waals surface area contributed by atoms with Gasteiger partial charge in [-0.1, -0.05) is 36.4 Å². The summed E-state index contributed by atoms with van der Waals surface area (Å²) in [4.78, 5) is 25.2. The minimum absolute atomic E-state index is 0.101. The normalized spacial score (nSPS) is 15.1. The van der Waals surface area contributed by atoms with E-state index in [-0.39, 0.29) is 17.9 Å². The van der Waals surface area contributed by atoms with E-state index in [0.717, 1.165) is 18.4 Å². The predicted octanol–water partition coefficient (Wildman–Crippen LogP) is 2.37. The fraction of sp³-hybridized carbons (Fsp3) is 0.294. The maximum absolute atomic E-state index is 12.4. The monoisotopic (exact) mass is 314 g/mol. The maximum Gasteiger partial charge on any atom is 0.262 e. The fourth-order valence-corrected chi connectivity index (χ4v) is 2.85. The van der Waals surface area contributed by atoms with Crippen molar-refractivity contribution in [3.05, 3.63) is 58.3 Å². The van der Waals surface area contributed by atoms with Crippen molar-refractivity contribution in [2.45, 2.75) is 31.3 Å². The van der Waals surface area contributed by atoms with Crippen LogP contribution in [-0.4, -0.2) is 23.9 Å². The standard InChI is InChI=1S/C17H18N2O2S/c20-16(18-13-8-9-13)14(11-12-5-2-1-3-6-12)19-17(21)15-7-4-10-22-15/h1-7,10,13-14H,8-9,11H2,(H,18,20)(H,19,21). The predicted molar refractivity (Wildman–Crippen MR) is 86.9 cm³/mol. The number of thiophene rings is 1. The number of rotatable bonds is 6. The highest BCUT2D eigenvalue weighted by atomic mass is 32.1. The van der Waals surface area contributed by atoms with Crippen LogP contribution in [0, 0.1) is 0 Å². The molecular weight excluding hydrogens is 296 g/mol. The molecule has 0 saturated heterocycles. The van der Waals surface area contributed by atoms with Crippen LogP contribution < -0.4 is 10.6 Å². The van der Waals surface area contributed by atoms with Gasteiger partial charge < -0.3 is 10.6 Å². The molecular formula is C17H18N2O2S. The van der Waals surface area contributed by atoms with Crippen molar-refractivity contribution in [2.75, 3.05) is 0 Å². The van der Waals surface area contributed by atoms with Gasteiger partial charge in [-0.2, -0.15) is 0 Å². The average Bonchev–Trinajstić information content (AvgIpc) is 3.17. The number of carbonyl (C=O) groups excluding carboxylic acids is 2. The third kappa shape index (κ3) is 3.95. The highest BCUT2D eigenvalue weighted by Crippen LogP contribution is 2.19. The third-order valence-corrected chi connectivity index (χ3v) is 4.44. The summed E-state index contributed by atoms with van der Waals surface area (Å²) in [5, 5.41) is 7.69. The molecule has 2 amide bonds. The van der Waals surface area contributed by atoms with Crippen molar-refractivity contribution in [1.82, 2.24) is 10.6 Å². The zero-order valence-electron chi connectivity index (χ0n) is 12.1. The molecule has 22 heavy (non-hydrogen) atoms. The van der Waals surface area contributed by atoms with Gasteiger partial charge in [-0.15, -0.1) is 11.3 Å². The molecule has 3 rings (SSSR count). The van der Waals surface area contributed by atoms with Gasteiger partial charge >= 0.3 is 0 Å². The van der Waals surface area contributed by atoms with Crippen molar-refractivity contribution < 1.29 is 9.59 Å². The smallest absolute Gasteiger partial charge is 0.262 e. The van der Waals surface area contributed by atoms with E-state index in [1.807, 2.05) is 41.8 Å². The lowest BCUT2D eigenvalue weighted by Crippen LogP contribution is -2.48. The molecule has 1 aliphatic carbocycles. The Bertz CT molecular complexity index is 636. The van der Waals surface area contributed by atoms with Crippen molar-refractivity contribution in [3.63, 3.8) is 0 Å². The van der Waals surface area contributed by atoms with Gasteiger partial charge in [0.15, 0.2) is 0 Å². The number of hydrogen-bond acceptors (Lipinski definition) is 3. The highest BCUT2D eigenvalue weighted by molar-refractivity contribution is 7.12. The number of hydrogen-bond donors (Lipinski definition) is 2. The molecule has 1 atom stereocenters. The Hall–Kier alpha value is -2.14. The Labute approximate surface area is 133 Å². The van der Waals surface area contributed by atoms with Gasteiger partial charge in [0.05, 0.1) is 4.88 Å². The summed E-state index contributed by atoms with van der Waals surface area (Å²) in [6.07, 6.45) is 2.56. The van der Waals surface area contributed by atoms with Crippen LogP contribution in [0.3, 0.4) is 0 Å². The van der Waals surface area contributed by atoms with Gasteiger partial charge in [0.1, 0.15) is 6.04 Å². The highest BCUT2D eigenvalue weighted by Gasteiger charge is 2.28. The maximum atomic E-state index is 12.4. The van der Waals surface area contributed by atoms with E-state index >= 15 is 0 Å². The molecule has 1 aromatic heterocycles. The van der Waals surface area contributed by atoms with E-state index < -0.39 is 6.04 Å². The molecule has 0 spiro atoms.